The Labute approximate surface area is 165 Å². The maximum atomic E-state index is 15.0. The molecule has 0 unspecified atom stereocenters. The largest absolute Gasteiger partial charge is 0.525 e. The SMILES string of the molecule is CC(=C(F)B1OC(C)(C)C(C)(C)O1)c1ccc(Nc2nccc(CN)n2)cc1. The van der Waals surface area contributed by atoms with E-state index >= 15 is 0 Å². The Kier molecular flexibility index (Phi) is 5.56. The number of halogens is 1. The number of anilines is 2. The molecule has 0 radical (unpaired) electrons. The molecule has 8 heteroatoms. The zero-order valence-corrected chi connectivity index (χ0v) is 16.9. The number of allylic oxidation sites excluding steroid dienone is 1. The van der Waals surface area contributed by atoms with Crippen LogP contribution in [0.25, 0.3) is 5.57 Å². The van der Waals surface area contributed by atoms with Crippen LogP contribution in [0.5, 0.6) is 0 Å². The van der Waals surface area contributed by atoms with Crippen molar-refractivity contribution in [3.63, 3.8) is 0 Å². The van der Waals surface area contributed by atoms with Crippen LogP contribution in [0.4, 0.5) is 16.0 Å². The first kappa shape index (κ1) is 20.4. The van der Waals surface area contributed by atoms with Crippen molar-refractivity contribution in [2.75, 3.05) is 5.32 Å². The number of hydrogen-bond acceptors (Lipinski definition) is 6. The first-order chi connectivity index (χ1) is 13.1. The summed E-state index contributed by atoms with van der Waals surface area (Å²) in [6.45, 7) is 9.67. The van der Waals surface area contributed by atoms with Crippen molar-refractivity contribution in [1.82, 2.24) is 9.97 Å². The lowest BCUT2D eigenvalue weighted by Gasteiger charge is -2.32. The van der Waals surface area contributed by atoms with Gasteiger partial charge in [0.05, 0.1) is 16.9 Å². The summed E-state index contributed by atoms with van der Waals surface area (Å²) in [4.78, 5) is 8.47. The minimum atomic E-state index is -1.00. The van der Waals surface area contributed by atoms with Gasteiger partial charge in [-0.25, -0.2) is 14.4 Å². The second kappa shape index (κ2) is 7.62. The highest BCUT2D eigenvalue weighted by Crippen LogP contribution is 2.40. The van der Waals surface area contributed by atoms with E-state index in [1.54, 1.807) is 19.2 Å². The van der Waals surface area contributed by atoms with E-state index in [1.807, 2.05) is 52.0 Å². The first-order valence-electron chi connectivity index (χ1n) is 9.24. The number of aromatic nitrogens is 2. The Morgan fingerprint density at radius 1 is 1.11 bits per heavy atom. The van der Waals surface area contributed by atoms with Crippen LogP contribution >= 0.6 is 0 Å². The molecule has 2 aromatic rings. The Balaban J connectivity index is 1.76. The molecule has 0 aliphatic carbocycles. The van der Waals surface area contributed by atoms with E-state index in [0.717, 1.165) is 16.9 Å². The lowest BCUT2D eigenvalue weighted by atomic mass is 9.83. The van der Waals surface area contributed by atoms with Gasteiger partial charge in [0.15, 0.2) is 0 Å². The molecule has 1 aliphatic heterocycles. The molecule has 148 valence electrons. The molecule has 3 N–H and O–H groups in total. The van der Waals surface area contributed by atoms with Crippen LogP contribution < -0.4 is 11.1 Å². The Morgan fingerprint density at radius 2 is 1.71 bits per heavy atom. The summed E-state index contributed by atoms with van der Waals surface area (Å²) in [5.41, 5.74) is 6.78. The number of benzene rings is 1. The van der Waals surface area contributed by atoms with Gasteiger partial charge in [0.2, 0.25) is 5.95 Å². The Hall–Kier alpha value is -2.29. The third kappa shape index (κ3) is 4.09. The smallest absolute Gasteiger partial charge is 0.398 e. The van der Waals surface area contributed by atoms with E-state index in [9.17, 15) is 4.39 Å². The van der Waals surface area contributed by atoms with Gasteiger partial charge in [0, 0.05) is 18.4 Å². The van der Waals surface area contributed by atoms with E-state index in [1.165, 1.54) is 0 Å². The molecule has 3 rings (SSSR count). The molecule has 1 aromatic carbocycles. The summed E-state index contributed by atoms with van der Waals surface area (Å²) >= 11 is 0. The molecule has 0 bridgehead atoms. The highest BCUT2D eigenvalue weighted by molar-refractivity contribution is 6.55. The molecule has 2 heterocycles. The Morgan fingerprint density at radius 3 is 2.29 bits per heavy atom. The molecule has 0 atom stereocenters. The van der Waals surface area contributed by atoms with Crippen LogP contribution in [0.15, 0.2) is 42.3 Å². The highest BCUT2D eigenvalue weighted by atomic mass is 19.1. The van der Waals surface area contributed by atoms with Gasteiger partial charge in [-0.2, -0.15) is 0 Å². The topological polar surface area (TPSA) is 82.3 Å². The van der Waals surface area contributed by atoms with Crippen LogP contribution in [-0.2, 0) is 15.9 Å². The van der Waals surface area contributed by atoms with Crippen LogP contribution in [0.2, 0.25) is 0 Å². The predicted molar refractivity (Wildman–Crippen MR) is 109 cm³/mol. The molecule has 1 aliphatic rings. The van der Waals surface area contributed by atoms with E-state index in [-0.39, 0.29) is 0 Å². The summed E-state index contributed by atoms with van der Waals surface area (Å²) in [6.07, 6.45) is 1.65. The first-order valence-corrected chi connectivity index (χ1v) is 9.24. The normalized spacial score (nSPS) is 18.8. The van der Waals surface area contributed by atoms with Crippen molar-refractivity contribution in [3.05, 3.63) is 53.5 Å². The zero-order chi connectivity index (χ0) is 20.5. The molecule has 0 spiro atoms. The van der Waals surface area contributed by atoms with Gasteiger partial charge in [0.1, 0.15) is 5.73 Å². The maximum absolute atomic E-state index is 15.0. The molecule has 0 saturated carbocycles. The standard InChI is InChI=1S/C20H26BFN4O2/c1-13(17(22)21-27-19(2,3)20(4,5)28-21)14-6-8-15(9-7-14)25-18-24-11-10-16(12-23)26-18/h6-11H,12,23H2,1-5H3,(H,24,25,26). The van der Waals surface area contributed by atoms with E-state index in [2.05, 4.69) is 15.3 Å². The Bertz CT molecular complexity index is 868. The predicted octanol–water partition coefficient (Wildman–Crippen LogP) is 4.01. The number of hydrogen-bond donors (Lipinski definition) is 2. The second-order valence-corrected chi connectivity index (χ2v) is 7.84. The van der Waals surface area contributed by atoms with Crippen molar-refractivity contribution in [1.29, 1.82) is 0 Å². The molecular formula is C20H26BFN4O2. The summed E-state index contributed by atoms with van der Waals surface area (Å²) in [6, 6.07) is 9.11. The van der Waals surface area contributed by atoms with Crippen LogP contribution in [0.1, 0.15) is 45.9 Å². The average molecular weight is 384 g/mol. The summed E-state index contributed by atoms with van der Waals surface area (Å²) in [5, 5.41) is 3.11. The van der Waals surface area contributed by atoms with Crippen LogP contribution in [0, 0.1) is 0 Å². The molecule has 1 fully saturated rings. The van der Waals surface area contributed by atoms with Crippen LogP contribution in [0.3, 0.4) is 0 Å². The molecular weight excluding hydrogens is 358 g/mol. The van der Waals surface area contributed by atoms with Gasteiger partial charge in [-0.1, -0.05) is 12.1 Å². The third-order valence-electron chi connectivity index (χ3n) is 5.31. The monoisotopic (exact) mass is 384 g/mol. The van der Waals surface area contributed by atoms with Gasteiger partial charge >= 0.3 is 7.12 Å². The fraction of sp³-hybridized carbons (Fsp3) is 0.400. The maximum Gasteiger partial charge on any atom is 0.525 e. The molecule has 1 saturated heterocycles. The van der Waals surface area contributed by atoms with Crippen molar-refractivity contribution in [3.8, 4) is 0 Å². The molecule has 28 heavy (non-hydrogen) atoms. The van der Waals surface area contributed by atoms with E-state index in [0.29, 0.717) is 18.1 Å². The summed E-state index contributed by atoms with van der Waals surface area (Å²) < 4.78 is 26.6. The highest BCUT2D eigenvalue weighted by Gasteiger charge is 2.53. The van der Waals surface area contributed by atoms with Crippen molar-refractivity contribution in [2.45, 2.75) is 52.4 Å². The summed E-state index contributed by atoms with van der Waals surface area (Å²) in [7, 11) is -1.00. The molecule has 6 nitrogen and oxygen atoms in total. The van der Waals surface area contributed by atoms with Crippen molar-refractivity contribution >= 4 is 24.3 Å². The van der Waals surface area contributed by atoms with Crippen LogP contribution in [-0.4, -0.2) is 28.3 Å². The third-order valence-corrected chi connectivity index (χ3v) is 5.31. The van der Waals surface area contributed by atoms with Gasteiger partial charge in [-0.3, -0.25) is 0 Å². The lowest BCUT2D eigenvalue weighted by molar-refractivity contribution is 0.00578. The van der Waals surface area contributed by atoms with Gasteiger partial charge < -0.3 is 20.4 Å². The van der Waals surface area contributed by atoms with Gasteiger partial charge in [0.25, 0.3) is 0 Å². The van der Waals surface area contributed by atoms with E-state index in [4.69, 9.17) is 15.0 Å². The zero-order valence-electron chi connectivity index (χ0n) is 16.9. The summed E-state index contributed by atoms with van der Waals surface area (Å²) in [5.74, 6) is 0.464. The minimum absolute atomic E-state index is 0.346. The minimum Gasteiger partial charge on any atom is -0.398 e. The fourth-order valence-electron chi connectivity index (χ4n) is 2.76. The van der Waals surface area contributed by atoms with Crippen molar-refractivity contribution in [2.24, 2.45) is 5.73 Å². The average Bonchev–Trinajstić information content (AvgIpc) is 2.88. The quantitative estimate of drug-likeness (QED) is 0.758. The van der Waals surface area contributed by atoms with Gasteiger partial charge in [-0.15, -0.1) is 0 Å². The lowest BCUT2D eigenvalue weighted by Crippen LogP contribution is -2.41. The fourth-order valence-corrected chi connectivity index (χ4v) is 2.76. The second-order valence-electron chi connectivity index (χ2n) is 7.84. The molecule has 0 amide bonds. The number of nitrogens with two attached hydrogens (primary N) is 1. The number of nitrogens with one attached hydrogen (secondary N) is 1. The number of nitrogens with zero attached hydrogens (tertiary/aromatic N) is 2. The molecule has 1 aromatic heterocycles. The van der Waals surface area contributed by atoms with Gasteiger partial charge in [-0.05, 0) is 64.0 Å². The number of rotatable bonds is 5. The van der Waals surface area contributed by atoms with E-state index < -0.39 is 24.0 Å². The van der Waals surface area contributed by atoms with Crippen molar-refractivity contribution < 1.29 is 13.7 Å².